The highest BCUT2D eigenvalue weighted by Gasteiger charge is 2.35. The molecule has 1 aliphatic rings. The van der Waals surface area contributed by atoms with E-state index in [-0.39, 0.29) is 94.3 Å². The molecule has 2 aromatic heterocycles. The zero-order valence-electron chi connectivity index (χ0n) is 47.2. The van der Waals surface area contributed by atoms with E-state index in [1.54, 1.807) is 18.3 Å². The lowest BCUT2D eigenvalue weighted by molar-refractivity contribution is -0.135. The Hall–Kier alpha value is -8.86. The Morgan fingerprint density at radius 3 is 1.76 bits per heavy atom. The topological polar surface area (TPSA) is 449 Å². The summed E-state index contributed by atoms with van der Waals surface area (Å²) in [4.78, 5) is 146. The minimum atomic E-state index is -1.44. The van der Waals surface area contributed by atoms with Crippen LogP contribution >= 0.6 is 21.6 Å². The molecule has 20 N–H and O–H groups in total. The van der Waals surface area contributed by atoms with Gasteiger partial charge in [-0.05, 0) is 60.1 Å². The van der Waals surface area contributed by atoms with Gasteiger partial charge in [-0.25, -0.2) is 4.98 Å². The fourth-order valence-corrected chi connectivity index (χ4v) is 11.4. The number of nitrogens with one attached hydrogen (secondary N) is 10. The number of nitrogens with zero attached hydrogens (tertiary/aromatic N) is 3. The Bertz CT molecular complexity index is 3170. The van der Waals surface area contributed by atoms with Crippen molar-refractivity contribution in [3.05, 3.63) is 102 Å². The predicted molar refractivity (Wildman–Crippen MR) is 327 cm³/mol. The molecule has 1 saturated heterocycles. The first-order valence-electron chi connectivity index (χ1n) is 27.9. The molecule has 456 valence electrons. The van der Waals surface area contributed by atoms with Gasteiger partial charge >= 0.3 is 0 Å². The number of imidazole rings is 1. The third-order valence-corrected chi connectivity index (χ3v) is 16.1. The first kappa shape index (κ1) is 65.3. The summed E-state index contributed by atoms with van der Waals surface area (Å²) in [5.74, 6) is -7.07. The molecule has 27 nitrogen and oxygen atoms in total. The van der Waals surface area contributed by atoms with Crippen LogP contribution in [0.1, 0.15) is 75.1 Å². The van der Waals surface area contributed by atoms with E-state index in [2.05, 4.69) is 67.5 Å². The summed E-state index contributed by atoms with van der Waals surface area (Å²) in [6, 6.07) is 11.1. The number of carbonyl (C=O) groups is 9. The van der Waals surface area contributed by atoms with E-state index in [1.807, 2.05) is 61.5 Å². The molecule has 0 saturated carbocycles. The highest BCUT2D eigenvalue weighted by atomic mass is 33.1. The molecule has 0 radical (unpaired) electrons. The number of benzene rings is 3. The number of nitrogens with two attached hydrogens (primary N) is 5. The van der Waals surface area contributed by atoms with Gasteiger partial charge < -0.3 is 81.2 Å². The van der Waals surface area contributed by atoms with Gasteiger partial charge in [0.2, 0.25) is 53.2 Å². The molecule has 1 fully saturated rings. The van der Waals surface area contributed by atoms with Gasteiger partial charge in [0.25, 0.3) is 0 Å². The number of amides is 9. The maximum atomic E-state index is 15.1. The van der Waals surface area contributed by atoms with Crippen molar-refractivity contribution in [2.75, 3.05) is 31.1 Å². The number of para-hydroxylation sites is 1. The summed E-state index contributed by atoms with van der Waals surface area (Å²) in [7, 11) is 2.37. The Balaban J connectivity index is 1.40. The van der Waals surface area contributed by atoms with Crippen LogP contribution in [-0.4, -0.2) is 153 Å². The first-order valence-corrected chi connectivity index (χ1v) is 30.4. The van der Waals surface area contributed by atoms with Gasteiger partial charge in [-0.1, -0.05) is 102 Å². The van der Waals surface area contributed by atoms with Crippen LogP contribution in [0.25, 0.3) is 21.7 Å². The summed E-state index contributed by atoms with van der Waals surface area (Å²) in [6.45, 7) is 1.39. The number of guanidine groups is 2. The Morgan fingerprint density at radius 1 is 0.588 bits per heavy atom. The lowest BCUT2D eigenvalue weighted by Crippen LogP contribution is -2.60. The number of fused-ring (bicyclic) bond motifs is 2. The summed E-state index contributed by atoms with van der Waals surface area (Å²) in [5.41, 5.74) is 30.5. The molecule has 29 heteroatoms. The van der Waals surface area contributed by atoms with Crippen LogP contribution in [-0.2, 0) is 62.4 Å². The van der Waals surface area contributed by atoms with Crippen LogP contribution in [0.4, 0.5) is 0 Å². The van der Waals surface area contributed by atoms with Crippen molar-refractivity contribution in [1.82, 2.24) is 57.5 Å². The van der Waals surface area contributed by atoms with Crippen molar-refractivity contribution in [2.45, 2.75) is 120 Å². The number of aliphatic imine (C=N–C) groups is 2. The zero-order valence-corrected chi connectivity index (χ0v) is 48.8. The fraction of sp³-hybridized carbons (Fsp3) is 0.429. The number of aromatic nitrogens is 3. The van der Waals surface area contributed by atoms with Gasteiger partial charge in [0.1, 0.15) is 42.3 Å². The second-order valence-corrected chi connectivity index (χ2v) is 22.9. The van der Waals surface area contributed by atoms with E-state index in [0.717, 1.165) is 32.5 Å². The number of carbonyl (C=O) groups excluding carboxylic acids is 9. The van der Waals surface area contributed by atoms with Crippen LogP contribution in [0.3, 0.4) is 0 Å². The summed E-state index contributed by atoms with van der Waals surface area (Å²) >= 11 is 0. The molecule has 6 rings (SSSR count). The quantitative estimate of drug-likeness (QED) is 0.0220. The fourth-order valence-electron chi connectivity index (χ4n) is 9.26. The van der Waals surface area contributed by atoms with Crippen molar-refractivity contribution >= 4 is 108 Å². The SMILES string of the molecule is CCCC[C@@H]1NC(=O)CCSSC[C@H](C(N)=O)NC(=O)CNC(=O)[C@H](Cc2c[nH]c3ccccc23)NC(=O)[C@H](CCCN=C(N)N)NC(=O)[C@@H](Cc2ccc3ccccc3c2)NC(=O)[C@H](Cc2cnc[nH]2)NC(=O)[C@H](CCCN=C(N)N)NC1=O. The van der Waals surface area contributed by atoms with Crippen molar-refractivity contribution in [3.8, 4) is 0 Å². The molecule has 0 aliphatic carbocycles. The van der Waals surface area contributed by atoms with Crippen molar-refractivity contribution < 1.29 is 43.2 Å². The van der Waals surface area contributed by atoms with Crippen LogP contribution in [0.2, 0.25) is 0 Å². The largest absolute Gasteiger partial charge is 0.370 e. The number of rotatable bonds is 18. The maximum Gasteiger partial charge on any atom is 0.243 e. The van der Waals surface area contributed by atoms with E-state index in [1.165, 1.54) is 23.3 Å². The minimum absolute atomic E-state index is 0.0159. The van der Waals surface area contributed by atoms with E-state index in [9.17, 15) is 38.4 Å². The molecule has 0 unspecified atom stereocenters. The zero-order chi connectivity index (χ0) is 61.3. The molecule has 0 bridgehead atoms. The number of unbranched alkanes of at least 4 members (excludes halogenated alkanes) is 1. The second-order valence-electron chi connectivity index (χ2n) is 20.3. The van der Waals surface area contributed by atoms with Gasteiger partial charge in [0.15, 0.2) is 11.9 Å². The molecular formula is C56H76N18O9S2. The van der Waals surface area contributed by atoms with E-state index in [0.29, 0.717) is 29.7 Å². The van der Waals surface area contributed by atoms with Gasteiger partial charge in [-0.3, -0.25) is 53.1 Å². The molecule has 7 atom stereocenters. The summed E-state index contributed by atoms with van der Waals surface area (Å²) in [5, 5.41) is 24.4. The Morgan fingerprint density at radius 2 is 1.15 bits per heavy atom. The van der Waals surface area contributed by atoms with Crippen molar-refractivity contribution in [1.29, 1.82) is 0 Å². The number of hydrogen-bond donors (Lipinski definition) is 15. The molecule has 9 amide bonds. The lowest BCUT2D eigenvalue weighted by atomic mass is 9.99. The van der Waals surface area contributed by atoms with E-state index in [4.69, 9.17) is 28.7 Å². The standard InChI is InChI=1S/C56H76N18O9S2/c1-2-3-13-39-50(79)70-40(15-8-20-63-55(58)59)52(81)74-44(26-36-28-62-31-67-36)54(83)72-42(24-32-17-18-33-10-4-5-11-34(33)23-32)53(82)71-41(16-9-21-64-56(60)61)51(80)73-43(25-35-27-65-38-14-7-6-12-37(35)38)49(78)66-29-47(76)69-45(48(57)77)30-85-84-22-19-46(75)68-39/h4-7,10-12,14,17-18,23,27-28,31,39-45,65H,2-3,8-9,13,15-16,19-22,24-26,29-30H2,1H3,(H2,57,77)(H,62,67)(H,66,78)(H,68,75)(H,69,76)(H,70,79)(H,71,82)(H,72,83)(H,73,80)(H,74,81)(H4,58,59,63)(H4,60,61,64)/t39-,40-,41-,42+,43-,44-,45+/m0/s1. The highest BCUT2D eigenvalue weighted by molar-refractivity contribution is 8.76. The average molecular weight is 1210 g/mol. The average Bonchev–Trinajstić information content (AvgIpc) is 4.17. The second kappa shape index (κ2) is 33.4. The van der Waals surface area contributed by atoms with Gasteiger partial charge in [-0.15, -0.1) is 0 Å². The van der Waals surface area contributed by atoms with Crippen LogP contribution < -0.4 is 71.2 Å². The lowest BCUT2D eigenvalue weighted by Gasteiger charge is -2.28. The van der Waals surface area contributed by atoms with E-state index >= 15 is 4.79 Å². The molecule has 3 heterocycles. The molecule has 0 spiro atoms. The van der Waals surface area contributed by atoms with Crippen molar-refractivity contribution in [3.63, 3.8) is 0 Å². The molecule has 85 heavy (non-hydrogen) atoms. The molecular weight excluding hydrogens is 1130 g/mol. The minimum Gasteiger partial charge on any atom is -0.370 e. The molecule has 5 aromatic rings. The first-order chi connectivity index (χ1) is 40.9. The predicted octanol–water partition coefficient (Wildman–Crippen LogP) is -0.850. The van der Waals surface area contributed by atoms with Crippen molar-refractivity contribution in [2.24, 2.45) is 38.7 Å². The smallest absolute Gasteiger partial charge is 0.243 e. The normalized spacial score (nSPS) is 21.4. The van der Waals surface area contributed by atoms with Gasteiger partial charge in [-0.2, -0.15) is 0 Å². The summed E-state index contributed by atoms with van der Waals surface area (Å²) in [6.07, 6.45) is 5.70. The molecule has 1 aliphatic heterocycles. The number of aromatic amines is 2. The Labute approximate surface area is 498 Å². The monoisotopic (exact) mass is 1210 g/mol. The molecule has 3 aromatic carbocycles. The van der Waals surface area contributed by atoms with Crippen LogP contribution in [0.5, 0.6) is 0 Å². The third-order valence-electron chi connectivity index (χ3n) is 13.7. The maximum absolute atomic E-state index is 15.1. The summed E-state index contributed by atoms with van der Waals surface area (Å²) < 4.78 is 0. The third kappa shape index (κ3) is 21.4. The van der Waals surface area contributed by atoms with Gasteiger partial charge in [0.05, 0.1) is 12.9 Å². The Kier molecular flexibility index (Phi) is 25.7. The van der Waals surface area contributed by atoms with Crippen LogP contribution in [0, 0.1) is 0 Å². The van der Waals surface area contributed by atoms with Crippen LogP contribution in [0.15, 0.2) is 95.4 Å². The number of H-pyrrole nitrogens is 2. The highest BCUT2D eigenvalue weighted by Crippen LogP contribution is 2.24. The number of hydrogen-bond acceptors (Lipinski definition) is 14. The number of primary amides is 1. The van der Waals surface area contributed by atoms with Gasteiger partial charge in [0, 0.05) is 79.3 Å². The van der Waals surface area contributed by atoms with E-state index < -0.39 is 102 Å².